The second-order valence-corrected chi connectivity index (χ2v) is 9.10. The molecular formula is C28H32N2. The van der Waals surface area contributed by atoms with Gasteiger partial charge in [0, 0.05) is 30.7 Å². The van der Waals surface area contributed by atoms with Gasteiger partial charge < -0.3 is 4.90 Å². The number of rotatable bonds is 5. The number of piperidine rings is 3. The zero-order valence-corrected chi connectivity index (χ0v) is 18.1. The average molecular weight is 397 g/mol. The van der Waals surface area contributed by atoms with Gasteiger partial charge in [0.2, 0.25) is 0 Å². The van der Waals surface area contributed by atoms with E-state index in [1.807, 2.05) is 0 Å². The van der Waals surface area contributed by atoms with Crippen molar-refractivity contribution in [3.8, 4) is 0 Å². The molecule has 0 amide bonds. The van der Waals surface area contributed by atoms with Gasteiger partial charge in [-0.15, -0.1) is 0 Å². The number of hydrogen-bond donors (Lipinski definition) is 0. The van der Waals surface area contributed by atoms with Crippen molar-refractivity contribution in [2.24, 2.45) is 5.92 Å². The zero-order valence-electron chi connectivity index (χ0n) is 18.1. The number of benzene rings is 3. The van der Waals surface area contributed by atoms with E-state index in [1.54, 1.807) is 0 Å². The SMILES string of the molecule is Cc1ccc(N(C)[C@@H]2C3CCN(CC3)[C@@H]2C(c2ccccc2)c2ccccc2)cc1. The highest BCUT2D eigenvalue weighted by Gasteiger charge is 2.48. The molecule has 2 heteroatoms. The van der Waals surface area contributed by atoms with Gasteiger partial charge in [0.15, 0.2) is 0 Å². The summed E-state index contributed by atoms with van der Waals surface area (Å²) in [5.74, 6) is 1.13. The molecule has 0 N–H and O–H groups in total. The van der Waals surface area contributed by atoms with Crippen molar-refractivity contribution in [2.45, 2.75) is 37.8 Å². The van der Waals surface area contributed by atoms with E-state index in [-0.39, 0.29) is 0 Å². The van der Waals surface area contributed by atoms with Gasteiger partial charge in [0.1, 0.15) is 0 Å². The first-order valence-electron chi connectivity index (χ1n) is 11.4. The standard InChI is InChI=1S/C28H32N2/c1-21-13-15-25(16-14-21)29(2)27-24-17-19-30(20-18-24)28(27)26(22-9-5-3-6-10-22)23-11-7-4-8-12-23/h3-16,24,26-28H,17-20H2,1-2H3/t27-,28-/m1/s1. The number of likely N-dealkylation sites (N-methyl/N-ethyl adjacent to an activating group) is 1. The molecule has 3 heterocycles. The van der Waals surface area contributed by atoms with Crippen molar-refractivity contribution in [1.82, 2.24) is 4.90 Å². The van der Waals surface area contributed by atoms with E-state index < -0.39 is 0 Å². The molecule has 0 aliphatic carbocycles. The number of anilines is 1. The fourth-order valence-electron chi connectivity index (χ4n) is 5.87. The Kier molecular flexibility index (Phi) is 5.35. The fraction of sp³-hybridized carbons (Fsp3) is 0.357. The molecular weight excluding hydrogens is 364 g/mol. The van der Waals surface area contributed by atoms with Crippen molar-refractivity contribution >= 4 is 5.69 Å². The minimum Gasteiger partial charge on any atom is -0.370 e. The molecule has 2 nitrogen and oxygen atoms in total. The molecule has 0 unspecified atom stereocenters. The molecule has 2 bridgehead atoms. The predicted octanol–water partition coefficient (Wildman–Crippen LogP) is 5.73. The molecule has 6 rings (SSSR count). The second kappa shape index (κ2) is 8.28. The van der Waals surface area contributed by atoms with Gasteiger partial charge in [-0.2, -0.15) is 0 Å². The van der Waals surface area contributed by atoms with Crippen LogP contribution in [0.3, 0.4) is 0 Å². The van der Waals surface area contributed by atoms with Crippen molar-refractivity contribution in [1.29, 1.82) is 0 Å². The largest absolute Gasteiger partial charge is 0.370 e. The van der Waals surface area contributed by atoms with E-state index >= 15 is 0 Å². The monoisotopic (exact) mass is 396 g/mol. The van der Waals surface area contributed by atoms with Gasteiger partial charge in [-0.05, 0) is 62.0 Å². The normalized spacial score (nSPS) is 25.4. The minimum atomic E-state index is 0.383. The first-order valence-corrected chi connectivity index (χ1v) is 11.4. The number of aryl methyl sites for hydroxylation is 1. The highest BCUT2D eigenvalue weighted by Crippen LogP contribution is 2.44. The van der Waals surface area contributed by atoms with Gasteiger partial charge in [-0.25, -0.2) is 0 Å². The van der Waals surface area contributed by atoms with Crippen molar-refractivity contribution in [2.75, 3.05) is 25.0 Å². The van der Waals surface area contributed by atoms with Crippen LogP contribution in [0.5, 0.6) is 0 Å². The average Bonchev–Trinajstić information content (AvgIpc) is 2.81. The summed E-state index contributed by atoms with van der Waals surface area (Å²) in [5.41, 5.74) is 5.53. The molecule has 3 saturated heterocycles. The summed E-state index contributed by atoms with van der Waals surface area (Å²) >= 11 is 0. The molecule has 2 atom stereocenters. The number of nitrogens with zero attached hydrogens (tertiary/aromatic N) is 2. The first kappa shape index (κ1) is 19.4. The molecule has 30 heavy (non-hydrogen) atoms. The lowest BCUT2D eigenvalue weighted by Gasteiger charge is -2.56. The third kappa shape index (κ3) is 3.54. The van der Waals surface area contributed by atoms with Crippen molar-refractivity contribution < 1.29 is 0 Å². The summed E-state index contributed by atoms with van der Waals surface area (Å²) in [6, 6.07) is 32.4. The van der Waals surface area contributed by atoms with E-state index in [4.69, 9.17) is 0 Å². The molecule has 3 aromatic carbocycles. The lowest BCUT2D eigenvalue weighted by molar-refractivity contribution is 0.0186. The Bertz CT molecular complexity index is 903. The van der Waals surface area contributed by atoms with Gasteiger partial charge in [0.25, 0.3) is 0 Å². The summed E-state index contributed by atoms with van der Waals surface area (Å²) in [6.45, 7) is 4.62. The van der Waals surface area contributed by atoms with E-state index in [9.17, 15) is 0 Å². The second-order valence-electron chi connectivity index (χ2n) is 9.10. The Morgan fingerprint density at radius 3 is 1.83 bits per heavy atom. The molecule has 0 spiro atoms. The molecule has 0 saturated carbocycles. The van der Waals surface area contributed by atoms with Crippen LogP contribution in [0.15, 0.2) is 84.9 Å². The Labute approximate surface area is 181 Å². The summed E-state index contributed by atoms with van der Waals surface area (Å²) in [4.78, 5) is 5.36. The number of hydrogen-bond acceptors (Lipinski definition) is 2. The highest BCUT2D eigenvalue weighted by molar-refractivity contribution is 5.49. The highest BCUT2D eigenvalue weighted by atomic mass is 15.3. The van der Waals surface area contributed by atoms with Crippen LogP contribution in [0.1, 0.15) is 35.4 Å². The van der Waals surface area contributed by atoms with Crippen LogP contribution in [0.2, 0.25) is 0 Å². The quantitative estimate of drug-likeness (QED) is 0.544. The Morgan fingerprint density at radius 2 is 1.30 bits per heavy atom. The lowest BCUT2D eigenvalue weighted by atomic mass is 9.70. The van der Waals surface area contributed by atoms with Crippen LogP contribution in [-0.2, 0) is 0 Å². The molecule has 3 fully saturated rings. The van der Waals surface area contributed by atoms with Crippen LogP contribution >= 0.6 is 0 Å². The smallest absolute Gasteiger partial charge is 0.0480 e. The zero-order chi connectivity index (χ0) is 20.5. The maximum atomic E-state index is 2.78. The Hall–Kier alpha value is -2.58. The summed E-state index contributed by atoms with van der Waals surface area (Å²) in [5, 5.41) is 0. The topological polar surface area (TPSA) is 6.48 Å². The molecule has 3 aliphatic heterocycles. The first-order chi connectivity index (χ1) is 14.7. The third-order valence-electron chi connectivity index (χ3n) is 7.38. The van der Waals surface area contributed by atoms with E-state index in [2.05, 4.69) is 109 Å². The fourth-order valence-corrected chi connectivity index (χ4v) is 5.87. The summed E-state index contributed by atoms with van der Waals surface area (Å²) in [7, 11) is 2.32. The van der Waals surface area contributed by atoms with Crippen LogP contribution in [0.25, 0.3) is 0 Å². The molecule has 3 aromatic rings. The van der Waals surface area contributed by atoms with Crippen molar-refractivity contribution in [3.63, 3.8) is 0 Å². The van der Waals surface area contributed by atoms with Crippen molar-refractivity contribution in [3.05, 3.63) is 102 Å². The maximum Gasteiger partial charge on any atom is 0.0480 e. The summed E-state index contributed by atoms with van der Waals surface area (Å²) in [6.07, 6.45) is 2.63. The Balaban J connectivity index is 1.59. The minimum absolute atomic E-state index is 0.383. The van der Waals surface area contributed by atoms with E-state index in [0.717, 1.165) is 5.92 Å². The predicted molar refractivity (Wildman–Crippen MR) is 126 cm³/mol. The van der Waals surface area contributed by atoms with Gasteiger partial charge in [0.05, 0.1) is 0 Å². The lowest BCUT2D eigenvalue weighted by Crippen LogP contribution is -2.65. The molecule has 0 aromatic heterocycles. The van der Waals surface area contributed by atoms with Gasteiger partial charge in [-0.1, -0.05) is 78.4 Å². The maximum absolute atomic E-state index is 2.78. The third-order valence-corrected chi connectivity index (χ3v) is 7.38. The summed E-state index contributed by atoms with van der Waals surface area (Å²) < 4.78 is 0. The number of fused-ring (bicyclic) bond motifs is 3. The van der Waals surface area contributed by atoms with Crippen LogP contribution < -0.4 is 4.90 Å². The van der Waals surface area contributed by atoms with E-state index in [0.29, 0.717) is 18.0 Å². The van der Waals surface area contributed by atoms with Crippen LogP contribution in [-0.4, -0.2) is 37.1 Å². The van der Waals surface area contributed by atoms with Gasteiger partial charge >= 0.3 is 0 Å². The Morgan fingerprint density at radius 1 is 0.767 bits per heavy atom. The van der Waals surface area contributed by atoms with E-state index in [1.165, 1.54) is 48.3 Å². The van der Waals surface area contributed by atoms with Crippen LogP contribution in [0, 0.1) is 12.8 Å². The molecule has 0 radical (unpaired) electrons. The van der Waals surface area contributed by atoms with Crippen LogP contribution in [0.4, 0.5) is 5.69 Å². The molecule has 3 aliphatic rings. The van der Waals surface area contributed by atoms with Gasteiger partial charge in [-0.3, -0.25) is 4.90 Å². The molecule has 154 valence electrons.